The van der Waals surface area contributed by atoms with E-state index in [0.717, 1.165) is 5.92 Å². The van der Waals surface area contributed by atoms with Crippen LogP contribution in [0.5, 0.6) is 0 Å². The second-order valence-corrected chi connectivity index (χ2v) is 6.28. The van der Waals surface area contributed by atoms with Gasteiger partial charge in [0.2, 0.25) is 0 Å². The third-order valence-corrected chi connectivity index (χ3v) is 4.13. The number of rotatable bonds is 1. The van der Waals surface area contributed by atoms with Crippen molar-refractivity contribution >= 4 is 9.24 Å². The lowest BCUT2D eigenvalue weighted by Gasteiger charge is -2.45. The predicted octanol–water partition coefficient (Wildman–Crippen LogP) is 3.71. The van der Waals surface area contributed by atoms with Crippen molar-refractivity contribution in [3.05, 3.63) is 0 Å². The Labute approximate surface area is 79.7 Å². The third kappa shape index (κ3) is 2.46. The molecule has 3 unspecified atom stereocenters. The Morgan fingerprint density at radius 3 is 2.25 bits per heavy atom. The first-order valence-corrected chi connectivity index (χ1v) is 5.89. The van der Waals surface area contributed by atoms with Crippen LogP contribution >= 0.6 is 9.24 Å². The van der Waals surface area contributed by atoms with Gasteiger partial charge >= 0.3 is 0 Å². The van der Waals surface area contributed by atoms with Gasteiger partial charge in [-0.05, 0) is 42.2 Å². The van der Waals surface area contributed by atoms with E-state index >= 15 is 0 Å². The molecule has 0 aromatic carbocycles. The van der Waals surface area contributed by atoms with Gasteiger partial charge in [0.1, 0.15) is 0 Å². The zero-order valence-corrected chi connectivity index (χ0v) is 10.1. The van der Waals surface area contributed by atoms with Crippen molar-refractivity contribution < 1.29 is 0 Å². The van der Waals surface area contributed by atoms with Crippen molar-refractivity contribution in [1.82, 2.24) is 0 Å². The molecule has 1 fully saturated rings. The van der Waals surface area contributed by atoms with Crippen LogP contribution < -0.4 is 0 Å². The van der Waals surface area contributed by atoms with E-state index in [1.807, 2.05) is 0 Å². The summed E-state index contributed by atoms with van der Waals surface area (Å²) < 4.78 is 0. The summed E-state index contributed by atoms with van der Waals surface area (Å²) in [5.74, 6) is 0.916. The lowest BCUT2D eigenvalue weighted by molar-refractivity contribution is 0.0787. The van der Waals surface area contributed by atoms with E-state index in [9.17, 15) is 0 Å². The van der Waals surface area contributed by atoms with Crippen molar-refractivity contribution in [2.45, 2.75) is 47.0 Å². The molecule has 0 saturated heterocycles. The molecule has 1 aliphatic carbocycles. The van der Waals surface area contributed by atoms with Crippen LogP contribution in [-0.2, 0) is 0 Å². The summed E-state index contributed by atoms with van der Waals surface area (Å²) in [5.41, 5.74) is 1.16. The van der Waals surface area contributed by atoms with Gasteiger partial charge in [-0.15, -0.1) is 9.24 Å². The molecule has 0 spiro atoms. The Morgan fingerprint density at radius 1 is 1.25 bits per heavy atom. The van der Waals surface area contributed by atoms with Crippen LogP contribution in [0.1, 0.15) is 47.0 Å². The van der Waals surface area contributed by atoms with E-state index in [1.165, 1.54) is 25.4 Å². The Balaban J connectivity index is 2.70. The second-order valence-electron chi connectivity index (χ2n) is 5.87. The van der Waals surface area contributed by atoms with E-state index < -0.39 is 0 Å². The lowest BCUT2D eigenvalue weighted by Crippen LogP contribution is -2.35. The fraction of sp³-hybridized carbons (Fsp3) is 1.00. The molecule has 1 aliphatic rings. The fourth-order valence-corrected chi connectivity index (χ4v) is 3.62. The molecule has 72 valence electrons. The molecule has 3 atom stereocenters. The maximum absolute atomic E-state index is 2.92. The van der Waals surface area contributed by atoms with Crippen LogP contribution in [0.4, 0.5) is 0 Å². The van der Waals surface area contributed by atoms with E-state index in [0.29, 0.717) is 10.8 Å². The smallest absolute Gasteiger partial charge is 0.0284 e. The summed E-state index contributed by atoms with van der Waals surface area (Å²) in [6, 6.07) is 0. The molecule has 0 aliphatic heterocycles. The van der Waals surface area contributed by atoms with Gasteiger partial charge in [0.25, 0.3) is 0 Å². The molecule has 0 amide bonds. The van der Waals surface area contributed by atoms with E-state index in [1.54, 1.807) is 0 Å². The van der Waals surface area contributed by atoms with Crippen LogP contribution in [-0.4, -0.2) is 6.16 Å². The van der Waals surface area contributed by atoms with Gasteiger partial charge in [0.05, 0.1) is 0 Å². The molecule has 0 heterocycles. The maximum Gasteiger partial charge on any atom is -0.0284 e. The summed E-state index contributed by atoms with van der Waals surface area (Å²) in [5, 5.41) is 0. The van der Waals surface area contributed by atoms with Gasteiger partial charge in [-0.25, -0.2) is 0 Å². The average molecular weight is 186 g/mol. The molecular weight excluding hydrogens is 163 g/mol. The molecule has 0 radical (unpaired) electrons. The minimum Gasteiger partial charge on any atom is -0.137 e. The number of hydrogen-bond donors (Lipinski definition) is 0. The van der Waals surface area contributed by atoms with Crippen molar-refractivity contribution in [2.75, 3.05) is 6.16 Å². The van der Waals surface area contributed by atoms with E-state index in [-0.39, 0.29) is 0 Å². The predicted molar refractivity (Wildman–Crippen MR) is 59.5 cm³/mol. The van der Waals surface area contributed by atoms with Gasteiger partial charge in [-0.3, -0.25) is 0 Å². The quantitative estimate of drug-likeness (QED) is 0.547. The molecule has 0 bridgehead atoms. The molecule has 12 heavy (non-hydrogen) atoms. The Hall–Kier alpha value is 0.430. The van der Waals surface area contributed by atoms with Gasteiger partial charge in [-0.1, -0.05) is 27.7 Å². The Bertz CT molecular complexity index is 162. The Morgan fingerprint density at radius 2 is 1.83 bits per heavy atom. The molecule has 1 saturated carbocycles. The highest BCUT2D eigenvalue weighted by Gasteiger charge is 2.38. The highest BCUT2D eigenvalue weighted by atomic mass is 31.0. The monoisotopic (exact) mass is 186 g/mol. The Kier molecular flexibility index (Phi) is 2.88. The lowest BCUT2D eigenvalue weighted by atomic mass is 9.62. The van der Waals surface area contributed by atoms with Gasteiger partial charge in [-0.2, -0.15) is 0 Å². The van der Waals surface area contributed by atoms with Crippen molar-refractivity contribution in [1.29, 1.82) is 0 Å². The first-order valence-electron chi connectivity index (χ1n) is 5.07. The average Bonchev–Trinajstić information content (AvgIpc) is 1.82. The summed E-state index contributed by atoms with van der Waals surface area (Å²) in [4.78, 5) is 0. The minimum absolute atomic E-state index is 0.572. The standard InChI is InChI=1S/C11H23P/c1-9-5-10(2,3)7-11(4,6-9)8-12/h9H,5-8,12H2,1-4H3. The van der Waals surface area contributed by atoms with E-state index in [4.69, 9.17) is 0 Å². The highest BCUT2D eigenvalue weighted by Crippen LogP contribution is 2.49. The molecule has 0 aromatic rings. The first-order chi connectivity index (χ1) is 5.37. The summed E-state index contributed by atoms with van der Waals surface area (Å²) in [7, 11) is 2.92. The molecular formula is C11H23P. The third-order valence-electron chi connectivity index (χ3n) is 3.14. The molecule has 0 aromatic heterocycles. The van der Waals surface area contributed by atoms with Gasteiger partial charge in [0, 0.05) is 0 Å². The minimum atomic E-state index is 0.572. The zero-order chi connectivity index (χ0) is 9.41. The van der Waals surface area contributed by atoms with Crippen LogP contribution in [0.3, 0.4) is 0 Å². The molecule has 1 rings (SSSR count). The fourth-order valence-electron chi connectivity index (χ4n) is 3.31. The SMILES string of the molecule is CC1CC(C)(C)CC(C)(CP)C1. The molecule has 0 nitrogen and oxygen atoms in total. The molecule has 1 heteroatoms. The van der Waals surface area contributed by atoms with Crippen molar-refractivity contribution in [2.24, 2.45) is 16.7 Å². The van der Waals surface area contributed by atoms with Crippen molar-refractivity contribution in [3.8, 4) is 0 Å². The zero-order valence-electron chi connectivity index (χ0n) is 8.98. The van der Waals surface area contributed by atoms with Crippen LogP contribution in [0, 0.1) is 16.7 Å². The summed E-state index contributed by atoms with van der Waals surface area (Å²) >= 11 is 0. The van der Waals surface area contributed by atoms with Crippen LogP contribution in [0.15, 0.2) is 0 Å². The van der Waals surface area contributed by atoms with Crippen LogP contribution in [0.25, 0.3) is 0 Å². The highest BCUT2D eigenvalue weighted by molar-refractivity contribution is 7.16. The van der Waals surface area contributed by atoms with Crippen molar-refractivity contribution in [3.63, 3.8) is 0 Å². The van der Waals surface area contributed by atoms with E-state index in [2.05, 4.69) is 36.9 Å². The maximum atomic E-state index is 2.92. The first kappa shape index (κ1) is 10.5. The largest absolute Gasteiger partial charge is 0.137 e. The topological polar surface area (TPSA) is 0 Å². The number of hydrogen-bond acceptors (Lipinski definition) is 0. The summed E-state index contributed by atoms with van der Waals surface area (Å²) in [6.45, 7) is 9.68. The molecule has 0 N–H and O–H groups in total. The van der Waals surface area contributed by atoms with Gasteiger partial charge < -0.3 is 0 Å². The van der Waals surface area contributed by atoms with Gasteiger partial charge in [0.15, 0.2) is 0 Å². The van der Waals surface area contributed by atoms with Crippen LogP contribution in [0.2, 0.25) is 0 Å². The second kappa shape index (κ2) is 3.29. The normalized spacial score (nSPS) is 41.2. The summed E-state index contributed by atoms with van der Waals surface area (Å²) in [6.07, 6.45) is 5.49.